The summed E-state index contributed by atoms with van der Waals surface area (Å²) in [5, 5.41) is 8.62. The summed E-state index contributed by atoms with van der Waals surface area (Å²) in [6.07, 6.45) is 6.62. The number of aliphatic hydroxyl groups is 1. The lowest BCUT2D eigenvalue weighted by Crippen LogP contribution is -1.97. The molecule has 0 aromatic rings. The predicted molar refractivity (Wildman–Crippen MR) is 54.1 cm³/mol. The third kappa shape index (κ3) is 3.72. The molecule has 0 aromatic carbocycles. The van der Waals surface area contributed by atoms with Gasteiger partial charge in [0, 0.05) is 0 Å². The van der Waals surface area contributed by atoms with Crippen LogP contribution >= 0.6 is 0 Å². The summed E-state index contributed by atoms with van der Waals surface area (Å²) in [5.41, 5.74) is 2.49. The van der Waals surface area contributed by atoms with E-state index in [0.29, 0.717) is 0 Å². The highest BCUT2D eigenvalue weighted by molar-refractivity contribution is 5.29. The van der Waals surface area contributed by atoms with E-state index in [-0.39, 0.29) is 6.61 Å². The van der Waals surface area contributed by atoms with Crippen LogP contribution in [0.1, 0.15) is 39.5 Å². The smallest absolute Gasteiger partial charge is 0.0618 e. The Hall–Kier alpha value is -0.560. The van der Waals surface area contributed by atoms with E-state index in [1.807, 2.05) is 19.9 Å². The first-order valence-corrected chi connectivity index (χ1v) is 4.82. The molecule has 0 bridgehead atoms. The fourth-order valence-electron chi connectivity index (χ4n) is 1.35. The van der Waals surface area contributed by atoms with E-state index in [1.54, 1.807) is 0 Å². The van der Waals surface area contributed by atoms with E-state index >= 15 is 0 Å². The Morgan fingerprint density at radius 1 is 1.33 bits per heavy atom. The van der Waals surface area contributed by atoms with Gasteiger partial charge in [-0.15, -0.1) is 0 Å². The van der Waals surface area contributed by atoms with Crippen LogP contribution in [0.4, 0.5) is 0 Å². The summed E-state index contributed by atoms with van der Waals surface area (Å²) in [7, 11) is 0. The topological polar surface area (TPSA) is 20.2 Å². The van der Waals surface area contributed by atoms with Gasteiger partial charge < -0.3 is 5.11 Å². The van der Waals surface area contributed by atoms with E-state index < -0.39 is 0 Å². The maximum absolute atomic E-state index is 8.62. The molecule has 0 atom stereocenters. The van der Waals surface area contributed by atoms with E-state index in [4.69, 9.17) is 5.11 Å². The Kier molecular flexibility index (Phi) is 6.78. The van der Waals surface area contributed by atoms with Crippen LogP contribution in [0.15, 0.2) is 23.8 Å². The van der Waals surface area contributed by atoms with Gasteiger partial charge in [-0.1, -0.05) is 32.1 Å². The second kappa shape index (κ2) is 7.11. The molecule has 0 saturated heterocycles. The summed E-state index contributed by atoms with van der Waals surface area (Å²) in [5.74, 6) is 0. The molecule has 1 N–H and O–H groups in total. The molecule has 1 saturated carbocycles. The van der Waals surface area contributed by atoms with E-state index in [9.17, 15) is 0 Å². The number of hydrogen-bond acceptors (Lipinski definition) is 1. The molecule has 1 aliphatic rings. The number of rotatable bonds is 1. The zero-order valence-corrected chi connectivity index (χ0v) is 8.27. The van der Waals surface area contributed by atoms with Crippen LogP contribution in [0, 0.1) is 0 Å². The van der Waals surface area contributed by atoms with E-state index in [2.05, 4.69) is 6.58 Å². The maximum atomic E-state index is 8.62. The molecular formula is C11H20O. The summed E-state index contributed by atoms with van der Waals surface area (Å²) < 4.78 is 0. The Balaban J connectivity index is 0.000000561. The van der Waals surface area contributed by atoms with Crippen LogP contribution in [-0.4, -0.2) is 11.7 Å². The molecule has 70 valence electrons. The van der Waals surface area contributed by atoms with Crippen molar-refractivity contribution in [2.45, 2.75) is 39.5 Å². The molecule has 0 radical (unpaired) electrons. The molecule has 0 spiro atoms. The predicted octanol–water partition coefficient (Wildman–Crippen LogP) is 3.06. The van der Waals surface area contributed by atoms with Crippen molar-refractivity contribution < 1.29 is 5.11 Å². The van der Waals surface area contributed by atoms with Crippen LogP contribution in [0.25, 0.3) is 0 Å². The van der Waals surface area contributed by atoms with E-state index in [0.717, 1.165) is 12.8 Å². The minimum Gasteiger partial charge on any atom is -0.392 e. The Labute approximate surface area is 75.8 Å². The summed E-state index contributed by atoms with van der Waals surface area (Å²) >= 11 is 0. The largest absolute Gasteiger partial charge is 0.392 e. The molecule has 0 heterocycles. The fraction of sp³-hybridized carbons (Fsp3) is 0.636. The van der Waals surface area contributed by atoms with Gasteiger partial charge in [-0.3, -0.25) is 0 Å². The Morgan fingerprint density at radius 2 is 1.92 bits per heavy atom. The molecule has 1 nitrogen and oxygen atoms in total. The van der Waals surface area contributed by atoms with Crippen LogP contribution < -0.4 is 0 Å². The standard InChI is InChI=1S/C9H14O.C2H6/c1-8-4-2-3-5-9(8)6-7-10;1-2/h6,10H,1-5,7H2;1-2H3/b9-6-;. The third-order valence-corrected chi connectivity index (χ3v) is 1.97. The van der Waals surface area contributed by atoms with Gasteiger partial charge >= 0.3 is 0 Å². The number of allylic oxidation sites excluding steroid dienone is 2. The maximum Gasteiger partial charge on any atom is 0.0618 e. The number of hydrogen-bond donors (Lipinski definition) is 1. The van der Waals surface area contributed by atoms with Gasteiger partial charge in [-0.05, 0) is 31.3 Å². The van der Waals surface area contributed by atoms with Crippen molar-refractivity contribution in [2.24, 2.45) is 0 Å². The normalized spacial score (nSPS) is 20.2. The molecule has 0 aliphatic heterocycles. The molecule has 1 fully saturated rings. The van der Waals surface area contributed by atoms with Gasteiger partial charge in [0.1, 0.15) is 0 Å². The van der Waals surface area contributed by atoms with Crippen molar-refractivity contribution in [3.8, 4) is 0 Å². The van der Waals surface area contributed by atoms with Crippen molar-refractivity contribution in [1.29, 1.82) is 0 Å². The van der Waals surface area contributed by atoms with Crippen LogP contribution in [0.3, 0.4) is 0 Å². The first-order chi connectivity index (χ1) is 5.84. The lowest BCUT2D eigenvalue weighted by Gasteiger charge is -2.15. The number of aliphatic hydroxyl groups excluding tert-OH is 1. The quantitative estimate of drug-likeness (QED) is 0.638. The zero-order valence-electron chi connectivity index (χ0n) is 8.27. The van der Waals surface area contributed by atoms with Gasteiger partial charge in [0.15, 0.2) is 0 Å². The van der Waals surface area contributed by atoms with Crippen molar-refractivity contribution in [1.82, 2.24) is 0 Å². The first kappa shape index (κ1) is 11.4. The third-order valence-electron chi connectivity index (χ3n) is 1.97. The van der Waals surface area contributed by atoms with Crippen LogP contribution in [-0.2, 0) is 0 Å². The monoisotopic (exact) mass is 168 g/mol. The highest BCUT2D eigenvalue weighted by Crippen LogP contribution is 2.26. The lowest BCUT2D eigenvalue weighted by molar-refractivity contribution is 0.341. The molecular weight excluding hydrogens is 148 g/mol. The second-order valence-electron chi connectivity index (χ2n) is 2.72. The summed E-state index contributed by atoms with van der Waals surface area (Å²) in [6.45, 7) is 8.10. The van der Waals surface area contributed by atoms with Crippen LogP contribution in [0.2, 0.25) is 0 Å². The highest BCUT2D eigenvalue weighted by atomic mass is 16.2. The highest BCUT2D eigenvalue weighted by Gasteiger charge is 2.07. The molecule has 12 heavy (non-hydrogen) atoms. The molecule has 1 aliphatic carbocycles. The molecule has 0 aromatic heterocycles. The van der Waals surface area contributed by atoms with Gasteiger partial charge in [0.05, 0.1) is 6.61 Å². The molecule has 0 unspecified atom stereocenters. The van der Waals surface area contributed by atoms with Crippen LogP contribution in [0.5, 0.6) is 0 Å². The first-order valence-electron chi connectivity index (χ1n) is 4.82. The fourth-order valence-corrected chi connectivity index (χ4v) is 1.35. The lowest BCUT2D eigenvalue weighted by atomic mass is 9.91. The molecule has 1 rings (SSSR count). The van der Waals surface area contributed by atoms with Gasteiger partial charge in [-0.25, -0.2) is 0 Å². The average Bonchev–Trinajstić information content (AvgIpc) is 2.13. The van der Waals surface area contributed by atoms with Gasteiger partial charge in [-0.2, -0.15) is 0 Å². The van der Waals surface area contributed by atoms with E-state index in [1.165, 1.54) is 24.0 Å². The minimum atomic E-state index is 0.161. The van der Waals surface area contributed by atoms with Crippen molar-refractivity contribution >= 4 is 0 Å². The van der Waals surface area contributed by atoms with Gasteiger partial charge in [0.25, 0.3) is 0 Å². The van der Waals surface area contributed by atoms with Gasteiger partial charge in [0.2, 0.25) is 0 Å². The van der Waals surface area contributed by atoms with Crippen molar-refractivity contribution in [2.75, 3.05) is 6.61 Å². The second-order valence-corrected chi connectivity index (χ2v) is 2.72. The Morgan fingerprint density at radius 3 is 2.42 bits per heavy atom. The zero-order chi connectivity index (χ0) is 9.40. The average molecular weight is 168 g/mol. The van der Waals surface area contributed by atoms with Crippen molar-refractivity contribution in [3.63, 3.8) is 0 Å². The minimum absolute atomic E-state index is 0.161. The molecule has 0 amide bonds. The summed E-state index contributed by atoms with van der Waals surface area (Å²) in [6, 6.07) is 0. The summed E-state index contributed by atoms with van der Waals surface area (Å²) in [4.78, 5) is 0. The van der Waals surface area contributed by atoms with Crippen molar-refractivity contribution in [3.05, 3.63) is 23.8 Å². The Bertz CT molecular complexity index is 156. The SMILES string of the molecule is C=C1CCCC/C1=C/CO.CC. The molecule has 1 heteroatoms.